The maximum Gasteiger partial charge on any atom is 0.0642 e. The topological polar surface area (TPSA) is 15.3 Å². The first-order valence-electron chi connectivity index (χ1n) is 7.50. The molecule has 1 unspecified atom stereocenters. The van der Waals surface area contributed by atoms with Crippen molar-refractivity contribution >= 4 is 29.1 Å². The van der Waals surface area contributed by atoms with E-state index in [1.54, 1.807) is 0 Å². The van der Waals surface area contributed by atoms with Gasteiger partial charge in [-0.15, -0.1) is 0 Å². The van der Waals surface area contributed by atoms with E-state index >= 15 is 0 Å². The van der Waals surface area contributed by atoms with Crippen molar-refractivity contribution in [2.45, 2.75) is 52.2 Å². The van der Waals surface area contributed by atoms with Gasteiger partial charge < -0.3 is 10.2 Å². The summed E-state index contributed by atoms with van der Waals surface area (Å²) >= 11 is 8.37. The number of hydrogen-bond acceptors (Lipinski definition) is 3. The molecule has 0 saturated heterocycles. The normalized spacial score (nSPS) is 13.3. The molecule has 1 aromatic carbocycles. The minimum atomic E-state index is 0.119. The van der Waals surface area contributed by atoms with Gasteiger partial charge in [0.2, 0.25) is 0 Å². The molecule has 0 heterocycles. The Bertz CT molecular complexity index is 443. The third-order valence-corrected chi connectivity index (χ3v) is 4.56. The van der Waals surface area contributed by atoms with E-state index in [-0.39, 0.29) is 5.54 Å². The summed E-state index contributed by atoms with van der Waals surface area (Å²) in [5, 5.41) is 4.32. The molecule has 0 aliphatic carbocycles. The molecule has 21 heavy (non-hydrogen) atoms. The first-order valence-corrected chi connectivity index (χ1v) is 9.27. The van der Waals surface area contributed by atoms with Gasteiger partial charge in [-0.25, -0.2) is 0 Å². The maximum absolute atomic E-state index is 6.48. The third kappa shape index (κ3) is 6.50. The third-order valence-electron chi connectivity index (χ3n) is 3.62. The molecular formula is C17H29ClN2S. The Kier molecular flexibility index (Phi) is 7.38. The lowest BCUT2D eigenvalue weighted by atomic mass is 10.1. The molecule has 0 aliphatic rings. The predicted octanol–water partition coefficient (Wildman–Crippen LogP) is 4.81. The molecule has 0 aromatic heterocycles. The van der Waals surface area contributed by atoms with Gasteiger partial charge in [-0.3, -0.25) is 0 Å². The largest absolute Gasteiger partial charge is 0.371 e. The van der Waals surface area contributed by atoms with E-state index in [4.69, 9.17) is 11.6 Å². The van der Waals surface area contributed by atoms with Gasteiger partial charge in [-0.1, -0.05) is 17.7 Å². The SMILES string of the molecule is CSCCC(C)N(C)c1ccc(CNC(C)(C)C)cc1Cl. The molecule has 0 fully saturated rings. The van der Waals surface area contributed by atoms with E-state index in [1.165, 1.54) is 17.7 Å². The monoisotopic (exact) mass is 328 g/mol. The number of benzene rings is 1. The van der Waals surface area contributed by atoms with Crippen LogP contribution in [-0.2, 0) is 6.54 Å². The zero-order valence-corrected chi connectivity index (χ0v) is 15.7. The number of hydrogen-bond donors (Lipinski definition) is 1. The van der Waals surface area contributed by atoms with Gasteiger partial charge in [0.05, 0.1) is 10.7 Å². The highest BCUT2D eigenvalue weighted by molar-refractivity contribution is 7.98. The lowest BCUT2D eigenvalue weighted by molar-refractivity contribution is 0.424. The van der Waals surface area contributed by atoms with E-state index in [1.807, 2.05) is 11.8 Å². The van der Waals surface area contributed by atoms with Crippen molar-refractivity contribution in [3.05, 3.63) is 28.8 Å². The molecule has 1 aromatic rings. The van der Waals surface area contributed by atoms with Crippen molar-refractivity contribution in [2.24, 2.45) is 0 Å². The summed E-state index contributed by atoms with van der Waals surface area (Å²) in [7, 11) is 2.12. The number of anilines is 1. The van der Waals surface area contributed by atoms with Crippen molar-refractivity contribution in [3.63, 3.8) is 0 Å². The Morgan fingerprint density at radius 3 is 2.52 bits per heavy atom. The van der Waals surface area contributed by atoms with Crippen LogP contribution in [0.2, 0.25) is 5.02 Å². The smallest absolute Gasteiger partial charge is 0.0642 e. The summed E-state index contributed by atoms with van der Waals surface area (Å²) in [6.07, 6.45) is 3.32. The molecule has 0 amide bonds. The summed E-state index contributed by atoms with van der Waals surface area (Å²) in [5.41, 5.74) is 2.46. The zero-order valence-electron chi connectivity index (χ0n) is 14.2. The van der Waals surface area contributed by atoms with Crippen LogP contribution in [-0.4, -0.2) is 30.6 Å². The minimum Gasteiger partial charge on any atom is -0.371 e. The van der Waals surface area contributed by atoms with Gasteiger partial charge in [-0.05, 0) is 63.8 Å². The van der Waals surface area contributed by atoms with Crippen LogP contribution in [0.25, 0.3) is 0 Å². The fourth-order valence-electron chi connectivity index (χ4n) is 2.03. The summed E-state index contributed by atoms with van der Waals surface area (Å²) < 4.78 is 0. The molecule has 0 radical (unpaired) electrons. The average molecular weight is 329 g/mol. The van der Waals surface area contributed by atoms with Gasteiger partial charge in [0.1, 0.15) is 0 Å². The van der Waals surface area contributed by atoms with E-state index in [9.17, 15) is 0 Å². The van der Waals surface area contributed by atoms with Crippen molar-refractivity contribution in [1.82, 2.24) is 5.32 Å². The van der Waals surface area contributed by atoms with Crippen LogP contribution in [0.4, 0.5) is 5.69 Å². The number of rotatable bonds is 7. The van der Waals surface area contributed by atoms with Crippen molar-refractivity contribution in [1.29, 1.82) is 0 Å². The molecular weight excluding hydrogens is 300 g/mol. The zero-order chi connectivity index (χ0) is 16.0. The Morgan fingerprint density at radius 2 is 2.00 bits per heavy atom. The quantitative estimate of drug-likeness (QED) is 0.773. The van der Waals surface area contributed by atoms with E-state index in [0.29, 0.717) is 6.04 Å². The summed E-state index contributed by atoms with van der Waals surface area (Å²) in [5.74, 6) is 1.18. The second-order valence-electron chi connectivity index (χ2n) is 6.63. The van der Waals surface area contributed by atoms with Crippen LogP contribution < -0.4 is 10.2 Å². The fraction of sp³-hybridized carbons (Fsp3) is 0.647. The minimum absolute atomic E-state index is 0.119. The van der Waals surface area contributed by atoms with Crippen molar-refractivity contribution in [2.75, 3.05) is 24.0 Å². The Morgan fingerprint density at radius 1 is 1.33 bits per heavy atom. The highest BCUT2D eigenvalue weighted by Crippen LogP contribution is 2.28. The molecule has 120 valence electrons. The van der Waals surface area contributed by atoms with Gasteiger partial charge in [0, 0.05) is 25.2 Å². The van der Waals surface area contributed by atoms with Crippen LogP contribution in [0.15, 0.2) is 18.2 Å². The lowest BCUT2D eigenvalue weighted by Crippen LogP contribution is -2.35. The first kappa shape index (κ1) is 18.7. The van der Waals surface area contributed by atoms with Crippen LogP contribution in [0.5, 0.6) is 0 Å². The molecule has 1 rings (SSSR count). The van der Waals surface area contributed by atoms with Crippen molar-refractivity contribution < 1.29 is 0 Å². The molecule has 0 saturated carbocycles. The standard InChI is InChI=1S/C17H29ClN2S/c1-13(9-10-21-6)20(5)16-8-7-14(11-15(16)18)12-19-17(2,3)4/h7-8,11,13,19H,9-10,12H2,1-6H3. The Labute approximate surface area is 139 Å². The number of halogens is 1. The van der Waals surface area contributed by atoms with Crippen LogP contribution in [0.1, 0.15) is 39.7 Å². The molecule has 0 spiro atoms. The van der Waals surface area contributed by atoms with Gasteiger partial charge >= 0.3 is 0 Å². The molecule has 0 bridgehead atoms. The predicted molar refractivity (Wildman–Crippen MR) is 98.9 cm³/mol. The molecule has 4 heteroatoms. The second-order valence-corrected chi connectivity index (χ2v) is 8.02. The number of nitrogens with zero attached hydrogens (tertiary/aromatic N) is 1. The Hall–Kier alpha value is -0.380. The van der Waals surface area contributed by atoms with Gasteiger partial charge in [0.15, 0.2) is 0 Å². The summed E-state index contributed by atoms with van der Waals surface area (Å²) in [6, 6.07) is 6.87. The fourth-order valence-corrected chi connectivity index (χ4v) is 2.95. The van der Waals surface area contributed by atoms with Crippen molar-refractivity contribution in [3.8, 4) is 0 Å². The molecule has 0 aliphatic heterocycles. The van der Waals surface area contributed by atoms with E-state index in [2.05, 4.69) is 69.4 Å². The van der Waals surface area contributed by atoms with Crippen LogP contribution >= 0.6 is 23.4 Å². The van der Waals surface area contributed by atoms with Crippen LogP contribution in [0, 0.1) is 0 Å². The number of nitrogens with one attached hydrogen (secondary N) is 1. The average Bonchev–Trinajstić information content (AvgIpc) is 2.41. The van der Waals surface area contributed by atoms with Crippen LogP contribution in [0.3, 0.4) is 0 Å². The highest BCUT2D eigenvalue weighted by atomic mass is 35.5. The molecule has 1 atom stereocenters. The van der Waals surface area contributed by atoms with E-state index < -0.39 is 0 Å². The number of thioether (sulfide) groups is 1. The molecule has 2 nitrogen and oxygen atoms in total. The second kappa shape index (κ2) is 8.30. The summed E-state index contributed by atoms with van der Waals surface area (Å²) in [4.78, 5) is 2.28. The van der Waals surface area contributed by atoms with Gasteiger partial charge in [0.25, 0.3) is 0 Å². The maximum atomic E-state index is 6.48. The lowest BCUT2D eigenvalue weighted by Gasteiger charge is -2.28. The summed E-state index contributed by atoms with van der Waals surface area (Å²) in [6.45, 7) is 9.61. The Balaban J connectivity index is 2.73. The first-order chi connectivity index (χ1) is 9.74. The van der Waals surface area contributed by atoms with Gasteiger partial charge in [-0.2, -0.15) is 11.8 Å². The highest BCUT2D eigenvalue weighted by Gasteiger charge is 2.14. The van der Waals surface area contributed by atoms with E-state index in [0.717, 1.165) is 17.3 Å². The molecule has 1 N–H and O–H groups in total.